The van der Waals surface area contributed by atoms with Crippen LogP contribution in [0.2, 0.25) is 5.02 Å². The Morgan fingerprint density at radius 3 is 2.81 bits per heavy atom. The van der Waals surface area contributed by atoms with E-state index >= 15 is 0 Å². The molecule has 1 aromatic carbocycles. The van der Waals surface area contributed by atoms with Crippen LogP contribution in [0, 0.1) is 0 Å². The van der Waals surface area contributed by atoms with Gasteiger partial charge in [0.2, 0.25) is 0 Å². The smallest absolute Gasteiger partial charge is 0.337 e. The van der Waals surface area contributed by atoms with E-state index in [0.29, 0.717) is 12.2 Å². The van der Waals surface area contributed by atoms with Gasteiger partial charge >= 0.3 is 12.0 Å². The first-order valence-electron chi connectivity index (χ1n) is 5.89. The Bertz CT molecular complexity index is 661. The number of thiazole rings is 1. The highest BCUT2D eigenvalue weighted by Gasteiger charge is 2.13. The molecule has 0 aliphatic carbocycles. The normalized spacial score (nSPS) is 10.2. The lowest BCUT2D eigenvalue weighted by Crippen LogP contribution is -2.30. The minimum absolute atomic E-state index is 0.00880. The van der Waals surface area contributed by atoms with Crippen molar-refractivity contribution < 1.29 is 14.7 Å². The molecular formula is C13H12ClN3O3S. The van der Waals surface area contributed by atoms with Gasteiger partial charge < -0.3 is 15.3 Å². The number of benzene rings is 1. The molecule has 2 N–H and O–H groups in total. The third-order valence-electron chi connectivity index (χ3n) is 2.68. The van der Waals surface area contributed by atoms with Crippen LogP contribution in [0.1, 0.15) is 16.1 Å². The van der Waals surface area contributed by atoms with Crippen LogP contribution < -0.4 is 5.32 Å². The Morgan fingerprint density at radius 1 is 1.48 bits per heavy atom. The molecule has 0 aliphatic rings. The minimum Gasteiger partial charge on any atom is -0.478 e. The molecule has 0 fully saturated rings. The molecule has 1 aromatic heterocycles. The van der Waals surface area contributed by atoms with Crippen LogP contribution in [-0.4, -0.2) is 34.0 Å². The maximum Gasteiger partial charge on any atom is 0.337 e. The molecule has 0 unspecified atom stereocenters. The van der Waals surface area contributed by atoms with Gasteiger partial charge in [-0.25, -0.2) is 14.6 Å². The van der Waals surface area contributed by atoms with E-state index in [1.807, 2.05) is 5.38 Å². The number of carbonyl (C=O) groups is 2. The van der Waals surface area contributed by atoms with E-state index < -0.39 is 5.97 Å². The molecule has 0 radical (unpaired) electrons. The van der Waals surface area contributed by atoms with Gasteiger partial charge in [0.15, 0.2) is 0 Å². The van der Waals surface area contributed by atoms with Crippen LogP contribution in [0.4, 0.5) is 10.5 Å². The van der Waals surface area contributed by atoms with Crippen LogP contribution in [0.25, 0.3) is 0 Å². The molecule has 0 aliphatic heterocycles. The average Bonchev–Trinajstić information content (AvgIpc) is 2.91. The second-order valence-corrected chi connectivity index (χ2v) is 5.39. The number of nitrogens with one attached hydrogen (secondary N) is 1. The standard InChI is InChI=1S/C13H12ClN3O3S/c1-17(5-9-6-21-7-15-9)13(20)16-8-2-3-10(12(18)19)11(14)4-8/h2-4,6-7H,5H2,1H3,(H,16,20)(H,18,19). The second kappa shape index (κ2) is 6.55. The first-order valence-corrected chi connectivity index (χ1v) is 7.21. The summed E-state index contributed by atoms with van der Waals surface area (Å²) in [5.74, 6) is -1.11. The van der Waals surface area contributed by atoms with Crippen molar-refractivity contribution in [2.75, 3.05) is 12.4 Å². The zero-order valence-corrected chi connectivity index (χ0v) is 12.6. The molecule has 2 aromatic rings. The fraction of sp³-hybridized carbons (Fsp3) is 0.154. The number of carbonyl (C=O) groups excluding carboxylic acids is 1. The van der Waals surface area contributed by atoms with Gasteiger partial charge in [-0.05, 0) is 18.2 Å². The molecule has 0 spiro atoms. The summed E-state index contributed by atoms with van der Waals surface area (Å²) in [4.78, 5) is 28.4. The largest absolute Gasteiger partial charge is 0.478 e. The summed E-state index contributed by atoms with van der Waals surface area (Å²) < 4.78 is 0. The summed E-state index contributed by atoms with van der Waals surface area (Å²) in [6.07, 6.45) is 0. The van der Waals surface area contributed by atoms with Gasteiger partial charge in [-0.2, -0.15) is 0 Å². The number of amides is 2. The highest BCUT2D eigenvalue weighted by Crippen LogP contribution is 2.21. The van der Waals surface area contributed by atoms with Gasteiger partial charge in [0.05, 0.1) is 28.3 Å². The first-order chi connectivity index (χ1) is 9.97. The fourth-order valence-corrected chi connectivity index (χ4v) is 2.43. The zero-order chi connectivity index (χ0) is 15.4. The zero-order valence-electron chi connectivity index (χ0n) is 11.0. The molecule has 0 atom stereocenters. The van der Waals surface area contributed by atoms with Crippen LogP contribution >= 0.6 is 22.9 Å². The maximum absolute atomic E-state index is 12.0. The number of carboxylic acids is 1. The van der Waals surface area contributed by atoms with Crippen molar-refractivity contribution in [3.05, 3.63) is 45.4 Å². The van der Waals surface area contributed by atoms with Crippen molar-refractivity contribution in [1.82, 2.24) is 9.88 Å². The molecule has 2 rings (SSSR count). The predicted octanol–water partition coefficient (Wildman–Crippen LogP) is 3.16. The van der Waals surface area contributed by atoms with Crippen molar-refractivity contribution in [2.45, 2.75) is 6.54 Å². The summed E-state index contributed by atoms with van der Waals surface area (Å²) in [6, 6.07) is 3.91. The molecule has 0 saturated carbocycles. The third kappa shape index (κ3) is 3.93. The predicted molar refractivity (Wildman–Crippen MR) is 81.0 cm³/mol. The topological polar surface area (TPSA) is 82.5 Å². The van der Waals surface area contributed by atoms with E-state index in [2.05, 4.69) is 10.3 Å². The second-order valence-electron chi connectivity index (χ2n) is 4.27. The Kier molecular flexibility index (Phi) is 4.77. The molecular weight excluding hydrogens is 314 g/mol. The number of nitrogens with zero attached hydrogens (tertiary/aromatic N) is 2. The van der Waals surface area contributed by atoms with Crippen molar-refractivity contribution in [3.63, 3.8) is 0 Å². The van der Waals surface area contributed by atoms with Crippen molar-refractivity contribution in [2.24, 2.45) is 0 Å². The monoisotopic (exact) mass is 325 g/mol. The van der Waals surface area contributed by atoms with Gasteiger partial charge in [-0.1, -0.05) is 11.6 Å². The first kappa shape index (κ1) is 15.3. The van der Waals surface area contributed by atoms with Crippen molar-refractivity contribution in [3.8, 4) is 0 Å². The number of rotatable bonds is 4. The van der Waals surface area contributed by atoms with Gasteiger partial charge in [0.1, 0.15) is 0 Å². The summed E-state index contributed by atoms with van der Waals surface area (Å²) in [7, 11) is 1.64. The summed E-state index contributed by atoms with van der Waals surface area (Å²) in [6.45, 7) is 0.385. The lowest BCUT2D eigenvalue weighted by molar-refractivity contribution is 0.0697. The summed E-state index contributed by atoms with van der Waals surface area (Å²) in [5.41, 5.74) is 2.92. The van der Waals surface area contributed by atoms with Crippen molar-refractivity contribution in [1.29, 1.82) is 0 Å². The number of hydrogen-bond donors (Lipinski definition) is 2. The van der Waals surface area contributed by atoms with Crippen molar-refractivity contribution >= 4 is 40.6 Å². The van der Waals surface area contributed by atoms with Gasteiger partial charge in [0.25, 0.3) is 0 Å². The van der Waals surface area contributed by atoms with Crippen LogP contribution in [0.3, 0.4) is 0 Å². The molecule has 2 amide bonds. The van der Waals surface area contributed by atoms with Gasteiger partial charge in [0, 0.05) is 18.1 Å². The van der Waals surface area contributed by atoms with E-state index in [9.17, 15) is 9.59 Å². The number of anilines is 1. The number of aromatic carboxylic acids is 1. The van der Waals surface area contributed by atoms with E-state index in [0.717, 1.165) is 5.69 Å². The lowest BCUT2D eigenvalue weighted by Gasteiger charge is -2.17. The maximum atomic E-state index is 12.0. The van der Waals surface area contributed by atoms with Crippen LogP contribution in [0.15, 0.2) is 29.1 Å². The molecule has 110 valence electrons. The highest BCUT2D eigenvalue weighted by molar-refractivity contribution is 7.07. The van der Waals surface area contributed by atoms with E-state index in [1.165, 1.54) is 34.4 Å². The van der Waals surface area contributed by atoms with Gasteiger partial charge in [-0.15, -0.1) is 11.3 Å². The summed E-state index contributed by atoms with van der Waals surface area (Å²) in [5, 5.41) is 13.5. The highest BCUT2D eigenvalue weighted by atomic mass is 35.5. The molecule has 1 heterocycles. The van der Waals surface area contributed by atoms with E-state index in [4.69, 9.17) is 16.7 Å². The van der Waals surface area contributed by atoms with Crippen LogP contribution in [-0.2, 0) is 6.54 Å². The number of hydrogen-bond acceptors (Lipinski definition) is 4. The number of urea groups is 1. The van der Waals surface area contributed by atoms with Crippen LogP contribution in [0.5, 0.6) is 0 Å². The third-order valence-corrected chi connectivity index (χ3v) is 3.63. The molecule has 0 saturated heterocycles. The molecule has 0 bridgehead atoms. The number of halogens is 1. The molecule has 6 nitrogen and oxygen atoms in total. The number of aromatic nitrogens is 1. The Morgan fingerprint density at radius 2 is 2.24 bits per heavy atom. The minimum atomic E-state index is -1.11. The quantitative estimate of drug-likeness (QED) is 0.904. The molecule has 8 heteroatoms. The average molecular weight is 326 g/mol. The Balaban J connectivity index is 2.02. The lowest BCUT2D eigenvalue weighted by atomic mass is 10.2. The molecule has 21 heavy (non-hydrogen) atoms. The van der Waals surface area contributed by atoms with E-state index in [1.54, 1.807) is 12.6 Å². The Labute approximate surface area is 130 Å². The summed E-state index contributed by atoms with van der Waals surface area (Å²) >= 11 is 7.31. The SMILES string of the molecule is CN(Cc1cscn1)C(=O)Nc1ccc(C(=O)O)c(Cl)c1. The van der Waals surface area contributed by atoms with E-state index in [-0.39, 0.29) is 16.6 Å². The van der Waals surface area contributed by atoms with Gasteiger partial charge in [-0.3, -0.25) is 0 Å². The Hall–Kier alpha value is -2.12. The fourth-order valence-electron chi connectivity index (χ4n) is 1.62. The number of carboxylic acid groups (broad SMARTS) is 1.